The van der Waals surface area contributed by atoms with Gasteiger partial charge in [-0.2, -0.15) is 0 Å². The lowest BCUT2D eigenvalue weighted by Gasteiger charge is -2.12. The fourth-order valence-corrected chi connectivity index (χ4v) is 10.8. The summed E-state index contributed by atoms with van der Waals surface area (Å²) in [6.45, 7) is 0. The Morgan fingerprint density at radius 1 is 0.167 bits per heavy atom. The van der Waals surface area contributed by atoms with Crippen LogP contribution in [0.15, 0.2) is 206 Å². The summed E-state index contributed by atoms with van der Waals surface area (Å²) in [6.07, 6.45) is 0. The number of hydrogen-bond donors (Lipinski definition) is 0. The smallest absolute Gasteiger partial charge is 0.00199 e. The number of benzene rings is 12. The normalized spacial score (nSPS) is 12.3. The van der Waals surface area contributed by atoms with Crippen LogP contribution in [0.5, 0.6) is 0 Å². The average Bonchev–Trinajstić information content (AvgIpc) is 3.81. The highest BCUT2D eigenvalue weighted by molar-refractivity contribution is 6.25. The van der Waals surface area contributed by atoms with Crippen molar-refractivity contribution in [3.05, 3.63) is 206 Å². The number of hydrogen-bond acceptors (Lipinski definition) is 0. The van der Waals surface area contributed by atoms with Crippen molar-refractivity contribution in [2.75, 3.05) is 0 Å². The Bertz CT molecular complexity index is 3620. The van der Waals surface area contributed by atoms with Crippen LogP contribution in [0.25, 0.3) is 143 Å². The van der Waals surface area contributed by atoms with Crippen LogP contribution >= 0.6 is 0 Å². The van der Waals surface area contributed by atoms with Crippen molar-refractivity contribution in [2.45, 2.75) is 0 Å². The average molecular weight is 755 g/mol. The van der Waals surface area contributed by atoms with Crippen LogP contribution in [0.3, 0.4) is 0 Å². The third-order valence-corrected chi connectivity index (χ3v) is 13.6. The molecule has 0 N–H and O–H groups in total. The molecule has 2 aliphatic carbocycles. The Morgan fingerprint density at radius 2 is 0.467 bits per heavy atom. The van der Waals surface area contributed by atoms with E-state index in [1.165, 1.54) is 143 Å². The first kappa shape index (κ1) is 32.2. The first-order valence-corrected chi connectivity index (χ1v) is 21.0. The predicted octanol–water partition coefficient (Wildman–Crippen LogP) is 16.9. The van der Waals surface area contributed by atoms with Gasteiger partial charge in [0, 0.05) is 0 Å². The molecule has 0 saturated carbocycles. The summed E-state index contributed by atoms with van der Waals surface area (Å²) in [6, 6.07) is 77.6. The van der Waals surface area contributed by atoms with Crippen molar-refractivity contribution in [3.63, 3.8) is 0 Å². The Hall–Kier alpha value is -7.80. The monoisotopic (exact) mass is 754 g/mol. The summed E-state index contributed by atoms with van der Waals surface area (Å²) in [7, 11) is 0. The summed E-state index contributed by atoms with van der Waals surface area (Å²) in [5.74, 6) is 0. The molecule has 274 valence electrons. The van der Waals surface area contributed by atoms with Crippen molar-refractivity contribution in [1.29, 1.82) is 0 Å². The first-order valence-electron chi connectivity index (χ1n) is 21.0. The van der Waals surface area contributed by atoms with Crippen LogP contribution in [-0.4, -0.2) is 0 Å². The molecular weight excluding hydrogens is 721 g/mol. The lowest BCUT2D eigenvalue weighted by atomic mass is 9.92. The van der Waals surface area contributed by atoms with E-state index in [9.17, 15) is 0 Å². The molecule has 0 bridgehead atoms. The van der Waals surface area contributed by atoms with Gasteiger partial charge in [0.15, 0.2) is 0 Å². The maximum absolute atomic E-state index is 2.39. The molecule has 2 aliphatic rings. The van der Waals surface area contributed by atoms with E-state index in [-0.39, 0.29) is 0 Å². The maximum Gasteiger partial charge on any atom is -0.00199 e. The summed E-state index contributed by atoms with van der Waals surface area (Å²) in [5, 5.41) is 15.6. The SMILES string of the molecule is c1ccc2c(c1)-c1cccc3c1c-2cc1ccc(-c2ccc4cc(-c5ccc6cc(-c7ccc8cc9c%10c(cccc%10c8c7)-c7ccccc7-9)ccc6c5)ccc4c2)cc13. The molecule has 0 atom stereocenters. The molecule has 0 fully saturated rings. The minimum Gasteiger partial charge on any atom is -0.0616 e. The molecule has 0 radical (unpaired) electrons. The quantitative estimate of drug-likeness (QED) is 0.158. The molecule has 14 rings (SSSR count). The zero-order chi connectivity index (χ0) is 39.1. The summed E-state index contributed by atoms with van der Waals surface area (Å²) < 4.78 is 0. The molecule has 12 aromatic rings. The molecule has 0 aliphatic heterocycles. The fourth-order valence-electron chi connectivity index (χ4n) is 10.8. The zero-order valence-corrected chi connectivity index (χ0v) is 32.6. The molecule has 12 aromatic carbocycles. The molecule has 0 nitrogen and oxygen atoms in total. The van der Waals surface area contributed by atoms with Gasteiger partial charge in [-0.1, -0.05) is 158 Å². The van der Waals surface area contributed by atoms with Gasteiger partial charge >= 0.3 is 0 Å². The third kappa shape index (κ3) is 4.51. The second-order valence-corrected chi connectivity index (χ2v) is 16.8. The molecule has 0 heteroatoms. The van der Waals surface area contributed by atoms with Crippen LogP contribution in [0.1, 0.15) is 0 Å². The molecule has 60 heavy (non-hydrogen) atoms. The highest BCUT2D eigenvalue weighted by atomic mass is 14.3. The second-order valence-electron chi connectivity index (χ2n) is 16.8. The van der Waals surface area contributed by atoms with E-state index in [4.69, 9.17) is 0 Å². The van der Waals surface area contributed by atoms with Gasteiger partial charge in [-0.25, -0.2) is 0 Å². The van der Waals surface area contributed by atoms with Gasteiger partial charge in [0.05, 0.1) is 0 Å². The fraction of sp³-hybridized carbons (Fsp3) is 0. The lowest BCUT2D eigenvalue weighted by Crippen LogP contribution is -1.85. The first-order chi connectivity index (χ1) is 29.7. The molecule has 0 amide bonds. The molecule has 0 aromatic heterocycles. The highest BCUT2D eigenvalue weighted by Gasteiger charge is 2.24. The van der Waals surface area contributed by atoms with E-state index in [1.54, 1.807) is 0 Å². The van der Waals surface area contributed by atoms with Crippen LogP contribution < -0.4 is 0 Å². The van der Waals surface area contributed by atoms with Gasteiger partial charge in [-0.3, -0.25) is 0 Å². The molecule has 0 heterocycles. The minimum atomic E-state index is 1.23. The summed E-state index contributed by atoms with van der Waals surface area (Å²) in [4.78, 5) is 0. The van der Waals surface area contributed by atoms with E-state index in [2.05, 4.69) is 206 Å². The molecule has 0 unspecified atom stereocenters. The Kier molecular flexibility index (Phi) is 6.38. The standard InChI is InChI=1S/C60H34/c1-3-9-49-47(7-1)51-11-5-13-53-55-31-43(23-25-45(55)33-57(49)59(51)53)41-21-19-37-27-35(15-17-39(37)29-41)36-16-18-40-30-42(22-20-38(40)28-36)44-24-26-46-34-58-50-10-4-2-8-48(50)52-12-6-14-54(60(52)58)56(46)32-44/h1-34H. The molecular formula is C60H34. The van der Waals surface area contributed by atoms with Gasteiger partial charge < -0.3 is 0 Å². The van der Waals surface area contributed by atoms with Crippen molar-refractivity contribution >= 4 is 64.6 Å². The Morgan fingerprint density at radius 3 is 0.833 bits per heavy atom. The van der Waals surface area contributed by atoms with Crippen LogP contribution in [0.2, 0.25) is 0 Å². The van der Waals surface area contributed by atoms with E-state index < -0.39 is 0 Å². The number of fused-ring (bicyclic) bond motifs is 12. The Labute approximate surface area is 347 Å². The van der Waals surface area contributed by atoms with Crippen molar-refractivity contribution < 1.29 is 0 Å². The molecule has 0 spiro atoms. The van der Waals surface area contributed by atoms with Crippen molar-refractivity contribution in [2.24, 2.45) is 0 Å². The topological polar surface area (TPSA) is 0 Å². The minimum absolute atomic E-state index is 1.23. The van der Waals surface area contributed by atoms with Crippen molar-refractivity contribution in [3.8, 4) is 77.9 Å². The van der Waals surface area contributed by atoms with E-state index in [0.29, 0.717) is 0 Å². The third-order valence-electron chi connectivity index (χ3n) is 13.6. The van der Waals surface area contributed by atoms with Gasteiger partial charge in [-0.15, -0.1) is 0 Å². The zero-order valence-electron chi connectivity index (χ0n) is 32.6. The van der Waals surface area contributed by atoms with Crippen LogP contribution in [-0.2, 0) is 0 Å². The highest BCUT2D eigenvalue weighted by Crippen LogP contribution is 2.51. The van der Waals surface area contributed by atoms with Crippen LogP contribution in [0, 0.1) is 0 Å². The molecule has 0 saturated heterocycles. The number of rotatable bonds is 3. The largest absolute Gasteiger partial charge is 0.0616 e. The summed E-state index contributed by atoms with van der Waals surface area (Å²) in [5.41, 5.74) is 18.2. The van der Waals surface area contributed by atoms with E-state index in [1.807, 2.05) is 0 Å². The van der Waals surface area contributed by atoms with Gasteiger partial charge in [-0.05, 0) is 191 Å². The Balaban J connectivity index is 0.786. The van der Waals surface area contributed by atoms with Gasteiger partial charge in [0.1, 0.15) is 0 Å². The van der Waals surface area contributed by atoms with Crippen molar-refractivity contribution in [1.82, 2.24) is 0 Å². The second kappa shape index (κ2) is 11.9. The van der Waals surface area contributed by atoms with Crippen LogP contribution in [0.4, 0.5) is 0 Å². The maximum atomic E-state index is 2.39. The van der Waals surface area contributed by atoms with Gasteiger partial charge in [0.2, 0.25) is 0 Å². The predicted molar refractivity (Wildman–Crippen MR) is 257 cm³/mol. The summed E-state index contributed by atoms with van der Waals surface area (Å²) >= 11 is 0. The van der Waals surface area contributed by atoms with E-state index >= 15 is 0 Å². The van der Waals surface area contributed by atoms with Gasteiger partial charge in [0.25, 0.3) is 0 Å². The van der Waals surface area contributed by atoms with E-state index in [0.717, 1.165) is 0 Å². The lowest BCUT2D eigenvalue weighted by molar-refractivity contribution is 1.65.